The molecular weight excluding hydrogens is 320 g/mol. The molecule has 11 atom stereocenters. The first-order valence-electron chi connectivity index (χ1n) is 7.07. The van der Waals surface area contributed by atoms with Gasteiger partial charge in [-0.3, -0.25) is 0 Å². The van der Waals surface area contributed by atoms with Crippen LogP contribution in [0.25, 0.3) is 0 Å². The van der Waals surface area contributed by atoms with Gasteiger partial charge in [0.1, 0.15) is 61.0 Å². The Kier molecular flexibility index (Phi) is 5.92. The lowest BCUT2D eigenvalue weighted by Gasteiger charge is -2.45. The number of aliphatic hydroxyl groups is 9. The van der Waals surface area contributed by atoms with E-state index in [1.807, 2.05) is 0 Å². The molecule has 9 N–H and O–H groups in total. The van der Waals surface area contributed by atoms with Gasteiger partial charge in [-0.2, -0.15) is 0 Å². The minimum absolute atomic E-state index is 0.704. The smallest absolute Gasteiger partial charge is 0.187 e. The van der Waals surface area contributed by atoms with Gasteiger partial charge >= 0.3 is 0 Å². The number of hydrogen-bond acceptors (Lipinski definition) is 11. The van der Waals surface area contributed by atoms with Gasteiger partial charge in [0, 0.05) is 0 Å². The Hall–Kier alpha value is -0.440. The van der Waals surface area contributed by atoms with Gasteiger partial charge in [0.2, 0.25) is 0 Å². The Bertz CT molecular complexity index is 377. The SMILES string of the molecule is OC[C@H]1O[C@H](OC2[C@@H](O)[C@H](O)C(O)[C@H](O)[C@@H]2O)[C@H](O)[C@@H](O)[C@H]1O. The fourth-order valence-corrected chi connectivity index (χ4v) is 2.69. The van der Waals surface area contributed by atoms with E-state index in [-0.39, 0.29) is 0 Å². The molecule has 136 valence electrons. The molecule has 2 fully saturated rings. The predicted molar refractivity (Wildman–Crippen MR) is 68.7 cm³/mol. The minimum Gasteiger partial charge on any atom is -0.394 e. The van der Waals surface area contributed by atoms with Gasteiger partial charge in [-0.15, -0.1) is 0 Å². The van der Waals surface area contributed by atoms with E-state index in [2.05, 4.69) is 0 Å². The third-order valence-corrected chi connectivity index (χ3v) is 4.21. The Morgan fingerprint density at radius 3 is 1.52 bits per heavy atom. The first-order chi connectivity index (χ1) is 10.7. The maximum absolute atomic E-state index is 9.85. The highest BCUT2D eigenvalue weighted by Crippen LogP contribution is 2.29. The summed E-state index contributed by atoms with van der Waals surface area (Å²) < 4.78 is 10.2. The fraction of sp³-hybridized carbons (Fsp3) is 1.00. The molecule has 1 saturated heterocycles. The summed E-state index contributed by atoms with van der Waals surface area (Å²) in [5, 5.41) is 86.6. The van der Waals surface area contributed by atoms with Gasteiger partial charge in [0.05, 0.1) is 6.61 Å². The molecule has 0 spiro atoms. The van der Waals surface area contributed by atoms with Crippen LogP contribution in [0.4, 0.5) is 0 Å². The summed E-state index contributed by atoms with van der Waals surface area (Å²) in [6.07, 6.45) is -18.9. The molecule has 1 saturated carbocycles. The van der Waals surface area contributed by atoms with Crippen molar-refractivity contribution in [3.8, 4) is 0 Å². The molecule has 0 aromatic heterocycles. The Morgan fingerprint density at radius 1 is 0.609 bits per heavy atom. The van der Waals surface area contributed by atoms with Crippen LogP contribution in [0.15, 0.2) is 0 Å². The molecule has 2 unspecified atom stereocenters. The molecule has 1 heterocycles. The van der Waals surface area contributed by atoms with Gasteiger partial charge in [-0.1, -0.05) is 0 Å². The highest BCUT2D eigenvalue weighted by molar-refractivity contribution is 5.00. The molecule has 0 aromatic carbocycles. The lowest BCUT2D eigenvalue weighted by atomic mass is 9.84. The molecule has 11 nitrogen and oxygen atoms in total. The maximum atomic E-state index is 9.85. The van der Waals surface area contributed by atoms with Crippen molar-refractivity contribution in [3.63, 3.8) is 0 Å². The van der Waals surface area contributed by atoms with E-state index in [0.29, 0.717) is 0 Å². The third kappa shape index (κ3) is 3.36. The van der Waals surface area contributed by atoms with Crippen molar-refractivity contribution < 1.29 is 55.4 Å². The Morgan fingerprint density at radius 2 is 1.04 bits per heavy atom. The molecule has 0 aromatic rings. The zero-order chi connectivity index (χ0) is 17.5. The average Bonchev–Trinajstić information content (AvgIpc) is 2.54. The van der Waals surface area contributed by atoms with Crippen LogP contribution in [-0.2, 0) is 9.47 Å². The molecule has 2 aliphatic rings. The van der Waals surface area contributed by atoms with E-state index in [1.54, 1.807) is 0 Å². The van der Waals surface area contributed by atoms with Crippen molar-refractivity contribution in [1.29, 1.82) is 0 Å². The van der Waals surface area contributed by atoms with Crippen LogP contribution in [0.5, 0.6) is 0 Å². The second-order valence-corrected chi connectivity index (χ2v) is 5.75. The van der Waals surface area contributed by atoms with Gasteiger partial charge < -0.3 is 55.4 Å². The van der Waals surface area contributed by atoms with E-state index in [9.17, 15) is 40.9 Å². The van der Waals surface area contributed by atoms with Crippen molar-refractivity contribution in [2.75, 3.05) is 6.61 Å². The summed E-state index contributed by atoms with van der Waals surface area (Å²) in [4.78, 5) is 0. The zero-order valence-electron chi connectivity index (χ0n) is 11.9. The lowest BCUT2D eigenvalue weighted by molar-refractivity contribution is -0.339. The maximum Gasteiger partial charge on any atom is 0.187 e. The number of hydrogen-bond donors (Lipinski definition) is 9. The summed E-state index contributed by atoms with van der Waals surface area (Å²) >= 11 is 0. The number of ether oxygens (including phenoxy) is 2. The monoisotopic (exact) mass is 342 g/mol. The van der Waals surface area contributed by atoms with Crippen molar-refractivity contribution in [1.82, 2.24) is 0 Å². The molecule has 1 aliphatic heterocycles. The van der Waals surface area contributed by atoms with Crippen LogP contribution in [0.2, 0.25) is 0 Å². The highest BCUT2D eigenvalue weighted by Gasteiger charge is 2.52. The van der Waals surface area contributed by atoms with E-state index < -0.39 is 73.9 Å². The largest absolute Gasteiger partial charge is 0.394 e. The van der Waals surface area contributed by atoms with Gasteiger partial charge in [0.15, 0.2) is 6.29 Å². The minimum atomic E-state index is -1.83. The molecule has 23 heavy (non-hydrogen) atoms. The zero-order valence-corrected chi connectivity index (χ0v) is 11.9. The van der Waals surface area contributed by atoms with Gasteiger partial charge in [-0.25, -0.2) is 0 Å². The fourth-order valence-electron chi connectivity index (χ4n) is 2.69. The van der Waals surface area contributed by atoms with E-state index >= 15 is 0 Å². The quantitative estimate of drug-likeness (QED) is 0.236. The first kappa shape index (κ1) is 18.9. The highest BCUT2D eigenvalue weighted by atomic mass is 16.7. The van der Waals surface area contributed by atoms with Crippen LogP contribution in [0, 0.1) is 0 Å². The van der Waals surface area contributed by atoms with Gasteiger partial charge in [0.25, 0.3) is 0 Å². The van der Waals surface area contributed by atoms with Crippen molar-refractivity contribution >= 4 is 0 Å². The third-order valence-electron chi connectivity index (χ3n) is 4.21. The second-order valence-electron chi connectivity index (χ2n) is 5.75. The molecule has 2 rings (SSSR count). The van der Waals surface area contributed by atoms with Crippen molar-refractivity contribution in [2.24, 2.45) is 0 Å². The standard InChI is InChI=1S/C12H22O11/c13-1-2-3(14)4(15)10(21)12(22-2)23-11-8(19)6(17)5(16)7(18)9(11)20/h2-21H,1H2/t2-,3+,4+,5?,6-,7+,8+,9+,10-,11?,12-/m1/s1. The Labute approximate surface area is 130 Å². The normalized spacial score (nSPS) is 54.9. The van der Waals surface area contributed by atoms with Crippen LogP contribution in [0.3, 0.4) is 0 Å². The number of rotatable bonds is 3. The van der Waals surface area contributed by atoms with Crippen LogP contribution >= 0.6 is 0 Å². The summed E-state index contributed by atoms with van der Waals surface area (Å²) in [5.74, 6) is 0. The second kappa shape index (κ2) is 7.21. The molecular formula is C12H22O11. The molecule has 1 aliphatic carbocycles. The molecule has 0 amide bonds. The lowest BCUT2D eigenvalue weighted by Crippen LogP contribution is -2.67. The molecule has 0 radical (unpaired) electrons. The van der Waals surface area contributed by atoms with E-state index in [0.717, 1.165) is 0 Å². The summed E-state index contributed by atoms with van der Waals surface area (Å²) in [7, 11) is 0. The van der Waals surface area contributed by atoms with Gasteiger partial charge in [-0.05, 0) is 0 Å². The Balaban J connectivity index is 2.13. The van der Waals surface area contributed by atoms with Crippen molar-refractivity contribution in [2.45, 2.75) is 67.3 Å². The molecule has 0 bridgehead atoms. The van der Waals surface area contributed by atoms with E-state index in [1.165, 1.54) is 0 Å². The van der Waals surface area contributed by atoms with Crippen molar-refractivity contribution in [3.05, 3.63) is 0 Å². The summed E-state index contributed by atoms with van der Waals surface area (Å²) in [5.41, 5.74) is 0. The summed E-state index contributed by atoms with van der Waals surface area (Å²) in [6.45, 7) is -0.704. The predicted octanol–water partition coefficient (Wildman–Crippen LogP) is -6.01. The first-order valence-corrected chi connectivity index (χ1v) is 7.07. The van der Waals surface area contributed by atoms with Crippen LogP contribution < -0.4 is 0 Å². The summed E-state index contributed by atoms with van der Waals surface area (Å²) in [6, 6.07) is 0. The average molecular weight is 342 g/mol. The topological polar surface area (TPSA) is 201 Å². The van der Waals surface area contributed by atoms with E-state index in [4.69, 9.17) is 14.6 Å². The van der Waals surface area contributed by atoms with Crippen LogP contribution in [-0.4, -0.2) is 120 Å². The number of aliphatic hydroxyl groups excluding tert-OH is 9. The molecule has 11 heteroatoms. The van der Waals surface area contributed by atoms with Crippen LogP contribution in [0.1, 0.15) is 0 Å².